The van der Waals surface area contributed by atoms with Crippen LogP contribution in [0.25, 0.3) is 0 Å². The van der Waals surface area contributed by atoms with Gasteiger partial charge in [0.2, 0.25) is 0 Å². The van der Waals surface area contributed by atoms with Crippen LogP contribution in [-0.2, 0) is 9.53 Å². The fourth-order valence-electron chi connectivity index (χ4n) is 0.205. The number of carbonyl (C=O) groups is 1. The summed E-state index contributed by atoms with van der Waals surface area (Å²) in [5.74, 6) is -0.501. The summed E-state index contributed by atoms with van der Waals surface area (Å²) in [6.45, 7) is 3.06. The molecule has 0 aliphatic rings. The van der Waals surface area contributed by atoms with Gasteiger partial charge in [0.05, 0.1) is 6.61 Å². The van der Waals surface area contributed by atoms with Crippen molar-refractivity contribution < 1.29 is 29.3 Å². The van der Waals surface area contributed by atoms with Gasteiger partial charge < -0.3 is 24.5 Å². The van der Waals surface area contributed by atoms with Gasteiger partial charge in [-0.15, -0.1) is 0 Å². The number of ether oxygens (including phenoxy) is 1. The van der Waals surface area contributed by atoms with E-state index in [-0.39, 0.29) is 13.2 Å². The minimum Gasteiger partial charge on any atom is -0.460 e. The van der Waals surface area contributed by atoms with Gasteiger partial charge in [-0.05, 0) is 0 Å². The number of aliphatic hydroxyl groups excluding tert-OH is 1. The van der Waals surface area contributed by atoms with E-state index in [2.05, 4.69) is 11.3 Å². The van der Waals surface area contributed by atoms with Crippen LogP contribution in [0.2, 0.25) is 0 Å². The van der Waals surface area contributed by atoms with Crippen LogP contribution in [0.4, 0.5) is 0 Å². The van der Waals surface area contributed by atoms with Gasteiger partial charge in [0.15, 0.2) is 0 Å². The normalized spacial score (nSPS) is 8.42. The number of rotatable bonds is 3. The molecule has 0 heterocycles. The zero-order valence-corrected chi connectivity index (χ0v) is 7.15. The lowest BCUT2D eigenvalue weighted by molar-refractivity contribution is -0.138. The van der Waals surface area contributed by atoms with Crippen molar-refractivity contribution in [2.75, 3.05) is 13.2 Å². The summed E-state index contributed by atoms with van der Waals surface area (Å²) < 4.78 is 4.33. The van der Waals surface area contributed by atoms with Crippen molar-refractivity contribution in [2.24, 2.45) is 0 Å². The highest BCUT2D eigenvalue weighted by molar-refractivity contribution is 7.38. The molecule has 0 aliphatic heterocycles. The number of esters is 1. The van der Waals surface area contributed by atoms with Crippen LogP contribution < -0.4 is 0 Å². The molecule has 12 heavy (non-hydrogen) atoms. The van der Waals surface area contributed by atoms with E-state index in [1.165, 1.54) is 0 Å². The summed E-state index contributed by atoms with van der Waals surface area (Å²) in [5.41, 5.74) is 0. The third-order valence-corrected chi connectivity index (χ3v) is 0.502. The fraction of sp³-hybridized carbons (Fsp3) is 0.400. The molecule has 0 saturated carbocycles. The predicted octanol–water partition coefficient (Wildman–Crippen LogP) is -1.10. The molecule has 0 amide bonds. The molecule has 0 unspecified atom stereocenters. The van der Waals surface area contributed by atoms with Gasteiger partial charge in [-0.3, -0.25) is 0 Å². The lowest BCUT2D eigenvalue weighted by Gasteiger charge is -1.94. The van der Waals surface area contributed by atoms with E-state index in [1.807, 2.05) is 0 Å². The molecule has 72 valence electrons. The molecule has 0 aliphatic carbocycles. The third kappa shape index (κ3) is 22.7. The average molecular weight is 198 g/mol. The quantitative estimate of drug-likeness (QED) is 0.260. The van der Waals surface area contributed by atoms with Crippen LogP contribution in [0, 0.1) is 0 Å². The first-order valence-corrected chi connectivity index (χ1v) is 4.01. The highest BCUT2D eigenvalue weighted by Gasteiger charge is 1.90. The number of aliphatic hydroxyl groups is 1. The molecular weight excluding hydrogens is 187 g/mol. The minimum absolute atomic E-state index is 0.0465. The lowest BCUT2D eigenvalue weighted by Crippen LogP contribution is -2.04. The van der Waals surface area contributed by atoms with E-state index >= 15 is 0 Å². The molecule has 0 aromatic carbocycles. The first kappa shape index (κ1) is 14.0. The largest absolute Gasteiger partial charge is 0.460 e. The van der Waals surface area contributed by atoms with E-state index < -0.39 is 14.6 Å². The van der Waals surface area contributed by atoms with E-state index in [0.717, 1.165) is 6.08 Å². The maximum absolute atomic E-state index is 10.1. The van der Waals surface area contributed by atoms with E-state index in [4.69, 9.17) is 19.8 Å². The highest BCUT2D eigenvalue weighted by atomic mass is 31.2. The smallest absolute Gasteiger partial charge is 0.330 e. The molecule has 0 bridgehead atoms. The Bertz CT molecular complexity index is 122. The molecule has 4 N–H and O–H groups in total. The zero-order valence-electron chi connectivity index (χ0n) is 6.25. The highest BCUT2D eigenvalue weighted by Crippen LogP contribution is 2.11. The molecule has 0 radical (unpaired) electrons. The summed E-state index contributed by atoms with van der Waals surface area (Å²) in [6.07, 6.45) is 1.05. The van der Waals surface area contributed by atoms with Gasteiger partial charge in [-0.2, -0.15) is 0 Å². The minimum atomic E-state index is -2.62. The van der Waals surface area contributed by atoms with E-state index in [1.54, 1.807) is 0 Å². The Kier molecular flexibility index (Phi) is 12.3. The molecule has 0 saturated heterocycles. The summed E-state index contributed by atoms with van der Waals surface area (Å²) in [5, 5.41) is 8.10. The molecule has 6 nitrogen and oxygen atoms in total. The standard InChI is InChI=1S/C5H8O3.H3O3P/c1-2-5(7)8-4-3-6;1-4(2)3/h2,6H,1,3-4H2;1-3H. The van der Waals surface area contributed by atoms with Crippen molar-refractivity contribution in [1.82, 2.24) is 0 Å². The monoisotopic (exact) mass is 198 g/mol. The summed E-state index contributed by atoms with van der Waals surface area (Å²) in [7, 11) is -2.62. The number of hydrogen-bond acceptors (Lipinski definition) is 6. The molecule has 0 aromatic heterocycles. The fourth-order valence-corrected chi connectivity index (χ4v) is 0.205. The second kappa shape index (κ2) is 10.5. The third-order valence-electron chi connectivity index (χ3n) is 0.502. The second-order valence-electron chi connectivity index (χ2n) is 1.36. The summed E-state index contributed by atoms with van der Waals surface area (Å²) in [4.78, 5) is 31.8. The maximum atomic E-state index is 10.1. The van der Waals surface area contributed by atoms with Gasteiger partial charge in [-0.1, -0.05) is 6.58 Å². The molecule has 0 spiro atoms. The van der Waals surface area contributed by atoms with Crippen LogP contribution >= 0.6 is 8.60 Å². The molecule has 0 fully saturated rings. The van der Waals surface area contributed by atoms with Crippen molar-refractivity contribution in [2.45, 2.75) is 0 Å². The van der Waals surface area contributed by atoms with Crippen molar-refractivity contribution in [3.8, 4) is 0 Å². The number of hydrogen-bond donors (Lipinski definition) is 4. The summed E-state index contributed by atoms with van der Waals surface area (Å²) >= 11 is 0. The van der Waals surface area contributed by atoms with Crippen LogP contribution in [-0.4, -0.2) is 39.0 Å². The Labute approximate surface area is 70.7 Å². The van der Waals surface area contributed by atoms with Crippen molar-refractivity contribution in [1.29, 1.82) is 0 Å². The first-order chi connectivity index (χ1) is 5.54. The van der Waals surface area contributed by atoms with Gasteiger partial charge >= 0.3 is 14.6 Å². The van der Waals surface area contributed by atoms with Crippen LogP contribution in [0.1, 0.15) is 0 Å². The van der Waals surface area contributed by atoms with Crippen LogP contribution in [0.5, 0.6) is 0 Å². The van der Waals surface area contributed by atoms with Crippen molar-refractivity contribution in [3.63, 3.8) is 0 Å². The van der Waals surface area contributed by atoms with E-state index in [0.29, 0.717) is 0 Å². The molecule has 0 atom stereocenters. The molecular formula is C5H11O6P. The van der Waals surface area contributed by atoms with Gasteiger partial charge in [0.25, 0.3) is 0 Å². The van der Waals surface area contributed by atoms with Crippen LogP contribution in [0.3, 0.4) is 0 Å². The zero-order chi connectivity index (χ0) is 9.98. The lowest BCUT2D eigenvalue weighted by atomic mass is 10.6. The Morgan fingerprint density at radius 1 is 1.50 bits per heavy atom. The first-order valence-electron chi connectivity index (χ1n) is 2.81. The Morgan fingerprint density at radius 2 is 1.92 bits per heavy atom. The molecule has 0 aromatic rings. The Balaban J connectivity index is 0. The van der Waals surface area contributed by atoms with Gasteiger partial charge in [0.1, 0.15) is 6.61 Å². The van der Waals surface area contributed by atoms with Gasteiger partial charge in [0, 0.05) is 6.08 Å². The molecule has 7 heteroatoms. The Morgan fingerprint density at radius 3 is 2.17 bits per heavy atom. The number of carbonyl (C=O) groups excluding carboxylic acids is 1. The molecule has 0 rings (SSSR count). The topological polar surface area (TPSA) is 107 Å². The summed E-state index contributed by atoms with van der Waals surface area (Å²) in [6, 6.07) is 0. The Hall–Kier alpha value is -0.520. The van der Waals surface area contributed by atoms with Crippen molar-refractivity contribution >= 4 is 14.6 Å². The van der Waals surface area contributed by atoms with Crippen LogP contribution in [0.15, 0.2) is 12.7 Å². The van der Waals surface area contributed by atoms with E-state index in [9.17, 15) is 4.79 Å². The predicted molar refractivity (Wildman–Crippen MR) is 41.8 cm³/mol. The SMILES string of the molecule is C=CC(=O)OCCO.OP(O)O. The second-order valence-corrected chi connectivity index (χ2v) is 1.90. The van der Waals surface area contributed by atoms with Gasteiger partial charge in [-0.25, -0.2) is 4.79 Å². The maximum Gasteiger partial charge on any atom is 0.330 e. The van der Waals surface area contributed by atoms with Crippen molar-refractivity contribution in [3.05, 3.63) is 12.7 Å². The average Bonchev–Trinajstić information content (AvgIpc) is 1.99.